The molecule has 1 unspecified atom stereocenters. The summed E-state index contributed by atoms with van der Waals surface area (Å²) < 4.78 is 0. The Bertz CT molecular complexity index is 555. The third-order valence-corrected chi connectivity index (χ3v) is 2.68. The summed E-state index contributed by atoms with van der Waals surface area (Å²) in [6.07, 6.45) is -0.819. The van der Waals surface area contributed by atoms with Gasteiger partial charge in [0.2, 0.25) is 5.91 Å². The van der Waals surface area contributed by atoms with E-state index in [2.05, 4.69) is 5.32 Å². The van der Waals surface area contributed by atoms with Crippen molar-refractivity contribution < 1.29 is 34.8 Å². The summed E-state index contributed by atoms with van der Waals surface area (Å²) in [5.74, 6) is -3.86. The van der Waals surface area contributed by atoms with Crippen LogP contribution in [-0.4, -0.2) is 44.3 Å². The Kier molecular flexibility index (Phi) is 5.53. The minimum Gasteiger partial charge on any atom is -0.504 e. The van der Waals surface area contributed by atoms with Crippen molar-refractivity contribution in [3.05, 3.63) is 23.8 Å². The van der Waals surface area contributed by atoms with Gasteiger partial charge in [-0.2, -0.15) is 0 Å². The molecule has 1 rings (SSSR count). The van der Waals surface area contributed by atoms with Gasteiger partial charge in [0.1, 0.15) is 6.04 Å². The number of hydrogen-bond donors (Lipinski definition) is 5. The van der Waals surface area contributed by atoms with E-state index < -0.39 is 36.1 Å². The predicted molar refractivity (Wildman–Crippen MR) is 69.9 cm³/mol. The molecule has 8 heteroatoms. The number of benzene rings is 1. The number of hydrogen-bond acceptors (Lipinski definition) is 5. The normalized spacial score (nSPS) is 11.6. The molecule has 5 N–H and O–H groups in total. The van der Waals surface area contributed by atoms with Crippen LogP contribution in [0, 0.1) is 0 Å². The topological polar surface area (TPSA) is 144 Å². The lowest BCUT2D eigenvalue weighted by Gasteiger charge is -2.14. The van der Waals surface area contributed by atoms with E-state index in [1.54, 1.807) is 0 Å². The van der Waals surface area contributed by atoms with Gasteiger partial charge in [0.25, 0.3) is 0 Å². The molecule has 1 amide bonds. The molecule has 0 saturated carbocycles. The van der Waals surface area contributed by atoms with E-state index in [4.69, 9.17) is 15.3 Å². The summed E-state index contributed by atoms with van der Waals surface area (Å²) in [6, 6.07) is 2.55. The van der Waals surface area contributed by atoms with Crippen molar-refractivity contribution in [1.82, 2.24) is 5.32 Å². The van der Waals surface area contributed by atoms with E-state index in [0.29, 0.717) is 5.56 Å². The van der Waals surface area contributed by atoms with Gasteiger partial charge in [0, 0.05) is 12.8 Å². The van der Waals surface area contributed by atoms with Gasteiger partial charge in [-0.15, -0.1) is 0 Å². The molecule has 0 fully saturated rings. The van der Waals surface area contributed by atoms with E-state index in [1.165, 1.54) is 18.2 Å². The van der Waals surface area contributed by atoms with Crippen molar-refractivity contribution in [2.24, 2.45) is 0 Å². The molecule has 0 saturated heterocycles. The highest BCUT2D eigenvalue weighted by Gasteiger charge is 2.21. The number of amides is 1. The highest BCUT2D eigenvalue weighted by Crippen LogP contribution is 2.25. The molecule has 0 aliphatic rings. The molecule has 0 spiro atoms. The van der Waals surface area contributed by atoms with Gasteiger partial charge in [-0.3, -0.25) is 9.59 Å². The number of phenolic OH excluding ortho intramolecular Hbond substituents is 2. The SMILES string of the molecule is O=C(O)CCC(=O)NC(Cc1ccc(O)c(O)c1)C(=O)O. The highest BCUT2D eigenvalue weighted by molar-refractivity contribution is 5.85. The fourth-order valence-corrected chi connectivity index (χ4v) is 1.62. The Labute approximate surface area is 119 Å². The molecule has 0 aliphatic heterocycles. The molecule has 0 radical (unpaired) electrons. The summed E-state index contributed by atoms with van der Waals surface area (Å²) in [5, 5.41) is 38.2. The summed E-state index contributed by atoms with van der Waals surface area (Å²) in [5.41, 5.74) is 0.399. The molecule has 21 heavy (non-hydrogen) atoms. The van der Waals surface area contributed by atoms with Crippen molar-refractivity contribution in [2.75, 3.05) is 0 Å². The van der Waals surface area contributed by atoms with Crippen LogP contribution < -0.4 is 5.32 Å². The van der Waals surface area contributed by atoms with Crippen molar-refractivity contribution in [1.29, 1.82) is 0 Å². The Balaban J connectivity index is 2.69. The number of carbonyl (C=O) groups excluding carboxylic acids is 1. The smallest absolute Gasteiger partial charge is 0.326 e. The van der Waals surface area contributed by atoms with Crippen molar-refractivity contribution in [3.8, 4) is 11.5 Å². The van der Waals surface area contributed by atoms with E-state index >= 15 is 0 Å². The summed E-state index contributed by atoms with van der Waals surface area (Å²) in [7, 11) is 0. The van der Waals surface area contributed by atoms with E-state index in [9.17, 15) is 19.5 Å². The lowest BCUT2D eigenvalue weighted by atomic mass is 10.0. The number of carbonyl (C=O) groups is 3. The number of aromatic hydroxyl groups is 2. The first kappa shape index (κ1) is 16.3. The van der Waals surface area contributed by atoms with Crippen LogP contribution in [0.2, 0.25) is 0 Å². The van der Waals surface area contributed by atoms with Crippen molar-refractivity contribution >= 4 is 17.8 Å². The molecular weight excluding hydrogens is 282 g/mol. The first-order valence-electron chi connectivity index (χ1n) is 6.04. The van der Waals surface area contributed by atoms with Crippen LogP contribution in [0.1, 0.15) is 18.4 Å². The maximum absolute atomic E-state index is 11.4. The average Bonchev–Trinajstić information content (AvgIpc) is 2.39. The van der Waals surface area contributed by atoms with Crippen molar-refractivity contribution in [3.63, 3.8) is 0 Å². The number of nitrogens with one attached hydrogen (secondary N) is 1. The Morgan fingerprint density at radius 3 is 2.24 bits per heavy atom. The third-order valence-electron chi connectivity index (χ3n) is 2.68. The maximum atomic E-state index is 11.4. The van der Waals surface area contributed by atoms with E-state index in [1.807, 2.05) is 0 Å². The summed E-state index contributed by atoms with van der Waals surface area (Å²) >= 11 is 0. The highest BCUT2D eigenvalue weighted by atomic mass is 16.4. The number of rotatable bonds is 7. The summed E-state index contributed by atoms with van der Waals surface area (Å²) in [4.78, 5) is 32.9. The molecule has 0 aliphatic carbocycles. The maximum Gasteiger partial charge on any atom is 0.326 e. The van der Waals surface area contributed by atoms with Gasteiger partial charge in [-0.25, -0.2) is 4.79 Å². The quantitative estimate of drug-likeness (QED) is 0.448. The second-order valence-electron chi connectivity index (χ2n) is 4.38. The molecule has 8 nitrogen and oxygen atoms in total. The molecule has 0 aromatic heterocycles. The van der Waals surface area contributed by atoms with Gasteiger partial charge in [0.15, 0.2) is 11.5 Å². The van der Waals surface area contributed by atoms with Crippen molar-refractivity contribution in [2.45, 2.75) is 25.3 Å². The van der Waals surface area contributed by atoms with Crippen LogP contribution in [0.3, 0.4) is 0 Å². The Morgan fingerprint density at radius 1 is 1.05 bits per heavy atom. The summed E-state index contributed by atoms with van der Waals surface area (Å²) in [6.45, 7) is 0. The Hall–Kier alpha value is -2.77. The van der Waals surface area contributed by atoms with E-state index in [-0.39, 0.29) is 18.6 Å². The van der Waals surface area contributed by atoms with Crippen LogP contribution in [0.5, 0.6) is 11.5 Å². The lowest BCUT2D eigenvalue weighted by Crippen LogP contribution is -2.42. The first-order valence-corrected chi connectivity index (χ1v) is 6.04. The van der Waals surface area contributed by atoms with Crippen LogP contribution in [0.15, 0.2) is 18.2 Å². The monoisotopic (exact) mass is 297 g/mol. The predicted octanol–water partition coefficient (Wildman–Crippen LogP) is 0.0745. The van der Waals surface area contributed by atoms with Gasteiger partial charge in [0.05, 0.1) is 6.42 Å². The molecule has 1 aromatic carbocycles. The number of phenols is 2. The second-order valence-corrected chi connectivity index (χ2v) is 4.38. The largest absolute Gasteiger partial charge is 0.504 e. The zero-order valence-electron chi connectivity index (χ0n) is 10.9. The molecule has 114 valence electrons. The fourth-order valence-electron chi connectivity index (χ4n) is 1.62. The number of carboxylic acids is 2. The van der Waals surface area contributed by atoms with Gasteiger partial charge in [-0.1, -0.05) is 6.07 Å². The van der Waals surface area contributed by atoms with E-state index in [0.717, 1.165) is 0 Å². The van der Waals surface area contributed by atoms with Gasteiger partial charge in [-0.05, 0) is 17.7 Å². The minimum atomic E-state index is -1.29. The Morgan fingerprint density at radius 2 is 1.71 bits per heavy atom. The minimum absolute atomic E-state index is 0.109. The molecule has 0 heterocycles. The first-order chi connectivity index (χ1) is 9.79. The van der Waals surface area contributed by atoms with Crippen LogP contribution in [0.4, 0.5) is 0 Å². The molecule has 1 aromatic rings. The van der Waals surface area contributed by atoms with Crippen LogP contribution >= 0.6 is 0 Å². The number of aliphatic carboxylic acids is 2. The average molecular weight is 297 g/mol. The molecule has 1 atom stereocenters. The lowest BCUT2D eigenvalue weighted by molar-refractivity contribution is -0.142. The zero-order valence-corrected chi connectivity index (χ0v) is 10.9. The standard InChI is InChI=1S/C13H15NO7/c15-9-2-1-7(6-10(9)16)5-8(13(20)21)14-11(17)3-4-12(18)19/h1-2,6,8,15-16H,3-5H2,(H,14,17)(H,18,19)(H,20,21). The zero-order chi connectivity index (χ0) is 16.0. The fraction of sp³-hybridized carbons (Fsp3) is 0.308. The van der Waals surface area contributed by atoms with Gasteiger partial charge >= 0.3 is 11.9 Å². The molecule has 0 bridgehead atoms. The van der Waals surface area contributed by atoms with Crippen LogP contribution in [0.25, 0.3) is 0 Å². The van der Waals surface area contributed by atoms with Crippen LogP contribution in [-0.2, 0) is 20.8 Å². The number of carboxylic acid groups (broad SMARTS) is 2. The van der Waals surface area contributed by atoms with Gasteiger partial charge < -0.3 is 25.7 Å². The second kappa shape index (κ2) is 7.13. The third kappa shape index (κ3) is 5.39. The molecular formula is C13H15NO7.